The molecule has 1 aliphatic rings. The van der Waals surface area contributed by atoms with Crippen LogP contribution in [0.3, 0.4) is 0 Å². The first kappa shape index (κ1) is 28.8. The number of aryl methyl sites for hydroxylation is 2. The molecule has 0 radical (unpaired) electrons. The van der Waals surface area contributed by atoms with Crippen molar-refractivity contribution < 1.29 is 18.7 Å². The second-order valence-corrected chi connectivity index (χ2v) is 12.0. The first-order chi connectivity index (χ1) is 19.5. The molecule has 5 rings (SSSR count). The highest BCUT2D eigenvalue weighted by Gasteiger charge is 2.35. The van der Waals surface area contributed by atoms with Crippen LogP contribution in [0, 0.1) is 13.8 Å². The van der Waals surface area contributed by atoms with E-state index in [0.29, 0.717) is 47.4 Å². The van der Waals surface area contributed by atoms with Gasteiger partial charge in [0.15, 0.2) is 15.1 Å². The lowest BCUT2D eigenvalue weighted by Crippen LogP contribution is -2.40. The number of hydrogen-bond acceptors (Lipinski definition) is 10. The third-order valence-corrected chi connectivity index (χ3v) is 8.10. The summed E-state index contributed by atoms with van der Waals surface area (Å²) in [7, 11) is 1.52. The standard InChI is InChI=1S/C29H27ClN4O5S2/c1-14(2)38-27(36)24-17(5)33-29-34(25(24)20-12-18(30)7-9-21(20)37-6)26(35)22(40-29)13-19-8-10-23(39-19)41-28-31-15(3)11-16(4)32-28/h7-14,25H,1-6H3/b22-13-/t25-/m0/s1. The van der Waals surface area contributed by atoms with Crippen molar-refractivity contribution in [3.05, 3.63) is 95.1 Å². The highest BCUT2D eigenvalue weighted by Crippen LogP contribution is 2.37. The van der Waals surface area contributed by atoms with E-state index >= 15 is 0 Å². The van der Waals surface area contributed by atoms with Crippen LogP contribution < -0.4 is 19.6 Å². The van der Waals surface area contributed by atoms with E-state index in [1.807, 2.05) is 19.9 Å². The topological polar surface area (TPSA) is 109 Å². The maximum atomic E-state index is 13.9. The Morgan fingerprint density at radius 2 is 1.88 bits per heavy atom. The minimum atomic E-state index is -0.863. The van der Waals surface area contributed by atoms with E-state index in [0.717, 1.165) is 11.4 Å². The number of methoxy groups -OCH3 is 1. The van der Waals surface area contributed by atoms with E-state index in [-0.39, 0.29) is 17.2 Å². The average Bonchev–Trinajstić information content (AvgIpc) is 3.45. The molecule has 4 aromatic rings. The van der Waals surface area contributed by atoms with Gasteiger partial charge < -0.3 is 13.9 Å². The normalized spacial score (nSPS) is 15.2. The summed E-state index contributed by atoms with van der Waals surface area (Å²) in [6.07, 6.45) is 1.29. The summed E-state index contributed by atoms with van der Waals surface area (Å²) in [5.74, 6) is 0.387. The van der Waals surface area contributed by atoms with Gasteiger partial charge in [-0.15, -0.1) is 0 Å². The van der Waals surface area contributed by atoms with Gasteiger partial charge >= 0.3 is 5.97 Å². The van der Waals surface area contributed by atoms with Crippen LogP contribution in [0.15, 0.2) is 72.1 Å². The molecular weight excluding hydrogens is 584 g/mol. The molecule has 3 aromatic heterocycles. The minimum Gasteiger partial charge on any atom is -0.496 e. The molecule has 0 fully saturated rings. The fraction of sp³-hybridized carbons (Fsp3) is 0.276. The monoisotopic (exact) mass is 610 g/mol. The molecule has 1 atom stereocenters. The van der Waals surface area contributed by atoms with Crippen molar-refractivity contribution in [3.8, 4) is 5.75 Å². The van der Waals surface area contributed by atoms with Gasteiger partial charge in [-0.2, -0.15) is 0 Å². The Morgan fingerprint density at radius 3 is 2.56 bits per heavy atom. The maximum absolute atomic E-state index is 13.9. The molecule has 9 nitrogen and oxygen atoms in total. The van der Waals surface area contributed by atoms with Gasteiger partial charge in [0.05, 0.1) is 29.0 Å². The number of benzene rings is 1. The molecule has 0 saturated carbocycles. The Balaban J connectivity index is 1.61. The van der Waals surface area contributed by atoms with Crippen LogP contribution in [-0.4, -0.2) is 33.7 Å². The molecule has 0 saturated heterocycles. The molecule has 1 aliphatic heterocycles. The van der Waals surface area contributed by atoms with E-state index in [1.54, 1.807) is 57.2 Å². The fourth-order valence-electron chi connectivity index (χ4n) is 4.50. The number of allylic oxidation sites excluding steroid dienone is 1. The molecule has 0 unspecified atom stereocenters. The molecule has 1 aromatic carbocycles. The smallest absolute Gasteiger partial charge is 0.338 e. The SMILES string of the molecule is COc1ccc(Cl)cc1[C@H]1C(C(=O)OC(C)C)=C(C)N=c2s/c(=C\c3ccc(Sc4nc(C)cc(C)n4)o3)c(=O)n21. The largest absolute Gasteiger partial charge is 0.496 e. The Bertz CT molecular complexity index is 1850. The molecule has 0 bridgehead atoms. The Morgan fingerprint density at radius 1 is 1.15 bits per heavy atom. The van der Waals surface area contributed by atoms with Crippen LogP contribution in [0.5, 0.6) is 5.75 Å². The van der Waals surface area contributed by atoms with Gasteiger partial charge in [0, 0.05) is 28.0 Å². The van der Waals surface area contributed by atoms with Crippen molar-refractivity contribution >= 4 is 46.7 Å². The predicted molar refractivity (Wildman–Crippen MR) is 157 cm³/mol. The quantitative estimate of drug-likeness (QED) is 0.212. The van der Waals surface area contributed by atoms with E-state index < -0.39 is 12.0 Å². The Hall–Kier alpha value is -3.67. The summed E-state index contributed by atoms with van der Waals surface area (Å²) in [6, 6.07) is 9.70. The lowest BCUT2D eigenvalue weighted by Gasteiger charge is -2.26. The number of nitrogens with zero attached hydrogens (tertiary/aromatic N) is 4. The van der Waals surface area contributed by atoms with Gasteiger partial charge in [-0.05, 0) is 82.8 Å². The number of aromatic nitrogens is 3. The summed E-state index contributed by atoms with van der Waals surface area (Å²) >= 11 is 8.87. The number of thiazole rings is 1. The molecular formula is C29H27ClN4O5S2. The number of hydrogen-bond donors (Lipinski definition) is 0. The molecule has 212 valence electrons. The lowest BCUT2D eigenvalue weighted by molar-refractivity contribution is -0.143. The number of fused-ring (bicyclic) bond motifs is 1. The number of esters is 1. The summed E-state index contributed by atoms with van der Waals surface area (Å²) in [5, 5.41) is 1.60. The molecule has 0 spiro atoms. The molecule has 41 heavy (non-hydrogen) atoms. The second kappa shape index (κ2) is 11.7. The second-order valence-electron chi connectivity index (χ2n) is 9.61. The van der Waals surface area contributed by atoms with Gasteiger partial charge in [0.2, 0.25) is 0 Å². The van der Waals surface area contributed by atoms with E-state index in [2.05, 4.69) is 15.0 Å². The van der Waals surface area contributed by atoms with Gasteiger partial charge in [0.1, 0.15) is 17.6 Å². The van der Waals surface area contributed by atoms with Crippen molar-refractivity contribution in [3.63, 3.8) is 0 Å². The summed E-state index contributed by atoms with van der Waals surface area (Å²) in [5.41, 5.74) is 2.62. The third kappa shape index (κ3) is 6.02. The number of carbonyl (C=O) groups is 1. The number of furan rings is 1. The average molecular weight is 611 g/mol. The van der Waals surface area contributed by atoms with E-state index in [1.165, 1.54) is 34.8 Å². The highest BCUT2D eigenvalue weighted by atomic mass is 35.5. The Kier molecular flexibility index (Phi) is 8.21. The van der Waals surface area contributed by atoms with E-state index in [4.69, 9.17) is 25.5 Å². The van der Waals surface area contributed by atoms with Crippen LogP contribution in [-0.2, 0) is 9.53 Å². The van der Waals surface area contributed by atoms with Gasteiger partial charge in [-0.25, -0.2) is 19.8 Å². The highest BCUT2D eigenvalue weighted by molar-refractivity contribution is 7.99. The zero-order chi connectivity index (χ0) is 29.4. The van der Waals surface area contributed by atoms with Crippen molar-refractivity contribution in [1.29, 1.82) is 0 Å². The third-order valence-electron chi connectivity index (χ3n) is 6.10. The molecule has 0 aliphatic carbocycles. The van der Waals surface area contributed by atoms with Crippen molar-refractivity contribution in [1.82, 2.24) is 14.5 Å². The number of halogens is 1. The van der Waals surface area contributed by atoms with Crippen LogP contribution in [0.1, 0.15) is 49.5 Å². The predicted octanol–water partition coefficient (Wildman–Crippen LogP) is 5.00. The summed E-state index contributed by atoms with van der Waals surface area (Å²) in [6.45, 7) is 9.07. The van der Waals surface area contributed by atoms with Crippen LogP contribution in [0.25, 0.3) is 6.08 Å². The lowest BCUT2D eigenvalue weighted by atomic mass is 9.95. The van der Waals surface area contributed by atoms with Crippen LogP contribution in [0.4, 0.5) is 0 Å². The molecule has 0 amide bonds. The van der Waals surface area contributed by atoms with Crippen molar-refractivity contribution in [2.45, 2.75) is 57.0 Å². The van der Waals surface area contributed by atoms with Crippen molar-refractivity contribution in [2.75, 3.05) is 7.11 Å². The van der Waals surface area contributed by atoms with E-state index in [9.17, 15) is 9.59 Å². The van der Waals surface area contributed by atoms with Gasteiger partial charge in [-0.1, -0.05) is 22.9 Å². The first-order valence-electron chi connectivity index (χ1n) is 12.7. The summed E-state index contributed by atoms with van der Waals surface area (Å²) < 4.78 is 19.0. The molecule has 4 heterocycles. The molecule has 0 N–H and O–H groups in total. The number of carbonyl (C=O) groups excluding carboxylic acids is 1. The van der Waals surface area contributed by atoms with Crippen molar-refractivity contribution in [2.24, 2.45) is 4.99 Å². The van der Waals surface area contributed by atoms with Gasteiger partial charge in [-0.3, -0.25) is 9.36 Å². The van der Waals surface area contributed by atoms with Crippen LogP contribution in [0.2, 0.25) is 5.02 Å². The zero-order valence-electron chi connectivity index (χ0n) is 23.2. The van der Waals surface area contributed by atoms with Crippen LogP contribution >= 0.6 is 34.7 Å². The number of rotatable bonds is 7. The zero-order valence-corrected chi connectivity index (χ0v) is 25.6. The fourth-order valence-corrected chi connectivity index (χ4v) is 6.54. The first-order valence-corrected chi connectivity index (χ1v) is 14.7. The number of ether oxygens (including phenoxy) is 2. The van der Waals surface area contributed by atoms with Gasteiger partial charge in [0.25, 0.3) is 5.56 Å². The maximum Gasteiger partial charge on any atom is 0.338 e. The molecule has 12 heteroatoms. The Labute approximate surface area is 249 Å². The minimum absolute atomic E-state index is 0.239. The summed E-state index contributed by atoms with van der Waals surface area (Å²) in [4.78, 5) is 41.2.